The van der Waals surface area contributed by atoms with E-state index in [-0.39, 0.29) is 5.43 Å². The topological polar surface area (TPSA) is 76.2 Å². The number of benzene rings is 1. The van der Waals surface area contributed by atoms with E-state index in [9.17, 15) is 4.79 Å². The molecule has 124 valence electrons. The van der Waals surface area contributed by atoms with Crippen molar-refractivity contribution in [2.75, 3.05) is 36.8 Å². The molecule has 1 aliphatic heterocycles. The molecule has 4 rings (SSSR count). The molecule has 0 amide bonds. The van der Waals surface area contributed by atoms with Crippen molar-refractivity contribution in [1.82, 2.24) is 14.9 Å². The molecular formula is C17H18ClN5O. The molecule has 7 heteroatoms. The maximum Gasteiger partial charge on any atom is 0.217 e. The Morgan fingerprint density at radius 2 is 2.00 bits per heavy atom. The lowest BCUT2D eigenvalue weighted by Crippen LogP contribution is -2.43. The summed E-state index contributed by atoms with van der Waals surface area (Å²) in [5.74, 6) is 0.382. The number of pyridine rings is 2. The minimum absolute atomic E-state index is 0.178. The number of rotatable bonds is 1. The summed E-state index contributed by atoms with van der Waals surface area (Å²) >= 11 is 6.24. The van der Waals surface area contributed by atoms with E-state index in [1.165, 1.54) is 0 Å². The van der Waals surface area contributed by atoms with E-state index >= 15 is 0 Å². The number of aromatic nitrogens is 2. The fourth-order valence-electron chi connectivity index (χ4n) is 3.35. The van der Waals surface area contributed by atoms with Gasteiger partial charge >= 0.3 is 0 Å². The second-order valence-electron chi connectivity index (χ2n) is 6.02. The van der Waals surface area contributed by atoms with E-state index in [0.29, 0.717) is 21.7 Å². The van der Waals surface area contributed by atoms with Crippen molar-refractivity contribution in [3.63, 3.8) is 0 Å². The van der Waals surface area contributed by atoms with Crippen LogP contribution in [0.2, 0.25) is 5.02 Å². The molecule has 0 spiro atoms. The Hall–Kier alpha value is -2.31. The van der Waals surface area contributed by atoms with Gasteiger partial charge in [-0.2, -0.15) is 0 Å². The van der Waals surface area contributed by atoms with Crippen molar-refractivity contribution in [3.05, 3.63) is 39.5 Å². The molecule has 3 heterocycles. The number of aryl methyl sites for hydroxylation is 1. The SMILES string of the molecule is Cn1c2cc(N3CCNCC3)c(N)nc2c(=O)c2c(Cl)cccc21. The predicted octanol–water partition coefficient (Wildman–Crippen LogP) is 1.73. The van der Waals surface area contributed by atoms with Crippen molar-refractivity contribution >= 4 is 45.0 Å². The third-order valence-corrected chi connectivity index (χ3v) is 4.94. The van der Waals surface area contributed by atoms with Crippen molar-refractivity contribution in [1.29, 1.82) is 0 Å². The molecule has 0 aliphatic carbocycles. The van der Waals surface area contributed by atoms with Crippen LogP contribution in [0, 0.1) is 0 Å². The smallest absolute Gasteiger partial charge is 0.217 e. The second-order valence-corrected chi connectivity index (χ2v) is 6.43. The first-order valence-electron chi connectivity index (χ1n) is 7.91. The van der Waals surface area contributed by atoms with Crippen LogP contribution in [0.3, 0.4) is 0 Å². The van der Waals surface area contributed by atoms with E-state index in [1.807, 2.05) is 29.8 Å². The average molecular weight is 344 g/mol. The first-order valence-corrected chi connectivity index (χ1v) is 8.29. The molecule has 24 heavy (non-hydrogen) atoms. The summed E-state index contributed by atoms with van der Waals surface area (Å²) in [6.45, 7) is 3.54. The lowest BCUT2D eigenvalue weighted by molar-refractivity contribution is 0.589. The zero-order valence-corrected chi connectivity index (χ0v) is 14.1. The Morgan fingerprint density at radius 1 is 1.25 bits per heavy atom. The van der Waals surface area contributed by atoms with Crippen LogP contribution in [0.5, 0.6) is 0 Å². The number of hydrogen-bond acceptors (Lipinski definition) is 5. The lowest BCUT2D eigenvalue weighted by atomic mass is 10.1. The number of fused-ring (bicyclic) bond motifs is 2. The van der Waals surface area contributed by atoms with Gasteiger partial charge in [-0.25, -0.2) is 4.98 Å². The van der Waals surface area contributed by atoms with Crippen molar-refractivity contribution in [2.24, 2.45) is 7.05 Å². The van der Waals surface area contributed by atoms with Crippen LogP contribution in [0.15, 0.2) is 29.1 Å². The lowest BCUT2D eigenvalue weighted by Gasteiger charge is -2.30. The highest BCUT2D eigenvalue weighted by Gasteiger charge is 2.18. The van der Waals surface area contributed by atoms with Crippen molar-refractivity contribution in [2.45, 2.75) is 0 Å². The normalized spacial score (nSPS) is 15.3. The number of anilines is 2. The minimum atomic E-state index is -0.178. The molecule has 1 aliphatic rings. The molecule has 6 nitrogen and oxygen atoms in total. The highest BCUT2D eigenvalue weighted by molar-refractivity contribution is 6.35. The van der Waals surface area contributed by atoms with Gasteiger partial charge in [0.2, 0.25) is 5.43 Å². The third-order valence-electron chi connectivity index (χ3n) is 4.62. The number of piperazine rings is 1. The van der Waals surface area contributed by atoms with Crippen molar-refractivity contribution < 1.29 is 0 Å². The summed E-state index contributed by atoms with van der Waals surface area (Å²) in [5, 5.41) is 4.23. The number of nitrogen functional groups attached to an aromatic ring is 1. The predicted molar refractivity (Wildman–Crippen MR) is 99.0 cm³/mol. The molecule has 1 saturated heterocycles. The fourth-order valence-corrected chi connectivity index (χ4v) is 3.61. The summed E-state index contributed by atoms with van der Waals surface area (Å²) in [7, 11) is 1.92. The first-order chi connectivity index (χ1) is 11.6. The van der Waals surface area contributed by atoms with Crippen LogP contribution in [0.1, 0.15) is 0 Å². The fraction of sp³-hybridized carbons (Fsp3) is 0.294. The molecule has 3 N–H and O–H groups in total. The van der Waals surface area contributed by atoms with Gasteiger partial charge in [-0.3, -0.25) is 4.79 Å². The largest absolute Gasteiger partial charge is 0.382 e. The molecule has 2 aromatic heterocycles. The van der Waals surface area contributed by atoms with Gasteiger partial charge in [0.15, 0.2) is 0 Å². The molecule has 1 fully saturated rings. The van der Waals surface area contributed by atoms with Gasteiger partial charge in [-0.15, -0.1) is 0 Å². The Balaban J connectivity index is 2.05. The van der Waals surface area contributed by atoms with E-state index in [1.54, 1.807) is 6.07 Å². The highest BCUT2D eigenvalue weighted by Crippen LogP contribution is 2.29. The van der Waals surface area contributed by atoms with E-state index in [2.05, 4.69) is 15.2 Å². The molecule has 3 aromatic rings. The molecular weight excluding hydrogens is 326 g/mol. The number of nitrogens with one attached hydrogen (secondary N) is 1. The molecule has 0 bridgehead atoms. The van der Waals surface area contributed by atoms with E-state index in [0.717, 1.165) is 42.9 Å². The Labute approximate surface area is 143 Å². The molecule has 0 atom stereocenters. The van der Waals surface area contributed by atoms with Gasteiger partial charge in [0, 0.05) is 33.2 Å². The molecule has 1 aromatic carbocycles. The highest BCUT2D eigenvalue weighted by atomic mass is 35.5. The first kappa shape index (κ1) is 15.2. The zero-order chi connectivity index (χ0) is 16.8. The van der Waals surface area contributed by atoms with Gasteiger partial charge in [0.25, 0.3) is 0 Å². The maximum atomic E-state index is 12.9. The summed E-state index contributed by atoms with van der Waals surface area (Å²) in [5.41, 5.74) is 8.77. The van der Waals surface area contributed by atoms with Gasteiger partial charge in [0.1, 0.15) is 11.3 Å². The van der Waals surface area contributed by atoms with Crippen LogP contribution < -0.4 is 21.4 Å². The van der Waals surface area contributed by atoms with E-state index < -0.39 is 0 Å². The standard InChI is InChI=1S/C17H18ClN5O/c1-22-11-4-2-3-10(18)14(11)16(24)15-12(22)9-13(17(19)21-15)23-7-5-20-6-8-23/h2-4,9,20H,5-8H2,1H3,(H2,19,21). The summed E-state index contributed by atoms with van der Waals surface area (Å²) in [4.78, 5) is 19.5. The third kappa shape index (κ3) is 2.22. The van der Waals surface area contributed by atoms with Crippen LogP contribution in [0.4, 0.5) is 11.5 Å². The second kappa shape index (κ2) is 5.65. The van der Waals surface area contributed by atoms with Gasteiger partial charge in [-0.05, 0) is 18.2 Å². The Morgan fingerprint density at radius 3 is 2.75 bits per heavy atom. The number of nitrogens with two attached hydrogens (primary N) is 1. The number of hydrogen-bond donors (Lipinski definition) is 2. The maximum absolute atomic E-state index is 12.9. The van der Waals surface area contributed by atoms with Crippen molar-refractivity contribution in [3.8, 4) is 0 Å². The van der Waals surface area contributed by atoms with Crippen LogP contribution in [-0.2, 0) is 7.05 Å². The quantitative estimate of drug-likeness (QED) is 0.658. The Kier molecular flexibility index (Phi) is 3.58. The monoisotopic (exact) mass is 343 g/mol. The average Bonchev–Trinajstić information content (AvgIpc) is 2.60. The van der Waals surface area contributed by atoms with Gasteiger partial charge < -0.3 is 20.5 Å². The number of halogens is 1. The van der Waals surface area contributed by atoms with Gasteiger partial charge in [-0.1, -0.05) is 17.7 Å². The summed E-state index contributed by atoms with van der Waals surface area (Å²) < 4.78 is 1.95. The number of nitrogens with zero attached hydrogens (tertiary/aromatic N) is 3. The van der Waals surface area contributed by atoms with Gasteiger partial charge in [0.05, 0.1) is 27.1 Å². The van der Waals surface area contributed by atoms with E-state index in [4.69, 9.17) is 17.3 Å². The summed E-state index contributed by atoms with van der Waals surface area (Å²) in [6.07, 6.45) is 0. The van der Waals surface area contributed by atoms with Crippen LogP contribution in [0.25, 0.3) is 21.9 Å². The Bertz CT molecular complexity index is 1010. The minimum Gasteiger partial charge on any atom is -0.382 e. The zero-order valence-electron chi connectivity index (χ0n) is 13.3. The van der Waals surface area contributed by atoms with Crippen LogP contribution in [-0.4, -0.2) is 35.7 Å². The molecule has 0 saturated carbocycles. The summed E-state index contributed by atoms with van der Waals surface area (Å²) in [6, 6.07) is 7.42. The van der Waals surface area contributed by atoms with Crippen LogP contribution >= 0.6 is 11.6 Å². The molecule has 0 unspecified atom stereocenters. The molecule has 0 radical (unpaired) electrons.